The SMILES string of the molecule is CC1(c2ncc(F)cc2C2=C(F)C=CC2)CC(N2CC[C@H](NS(C)(=O)=O)C2)=NO1. The molecule has 1 aromatic rings. The normalized spacial score (nSPS) is 27.0. The molecule has 3 heterocycles. The zero-order valence-corrected chi connectivity index (χ0v) is 17.0. The maximum atomic E-state index is 14.2. The average molecular weight is 424 g/mol. The summed E-state index contributed by atoms with van der Waals surface area (Å²) in [6.45, 7) is 2.91. The number of hydrogen-bond acceptors (Lipinski definition) is 6. The van der Waals surface area contributed by atoms with E-state index in [0.29, 0.717) is 55.0 Å². The van der Waals surface area contributed by atoms with Gasteiger partial charge in [-0.2, -0.15) is 0 Å². The van der Waals surface area contributed by atoms with Crippen LogP contribution in [-0.4, -0.2) is 49.5 Å². The highest BCUT2D eigenvalue weighted by atomic mass is 32.2. The average Bonchev–Trinajstić information content (AvgIpc) is 3.34. The fourth-order valence-corrected chi connectivity index (χ4v) is 4.82. The first kappa shape index (κ1) is 20.0. The summed E-state index contributed by atoms with van der Waals surface area (Å²) in [5.41, 5.74) is 0.209. The molecule has 0 bridgehead atoms. The van der Waals surface area contributed by atoms with E-state index in [9.17, 15) is 17.2 Å². The fourth-order valence-electron chi connectivity index (χ4n) is 4.02. The van der Waals surface area contributed by atoms with Crippen molar-refractivity contribution in [3.8, 4) is 0 Å². The van der Waals surface area contributed by atoms with Crippen molar-refractivity contribution in [3.05, 3.63) is 47.3 Å². The smallest absolute Gasteiger partial charge is 0.209 e. The Morgan fingerprint density at radius 2 is 2.17 bits per heavy atom. The van der Waals surface area contributed by atoms with Crippen LogP contribution in [0.4, 0.5) is 8.78 Å². The van der Waals surface area contributed by atoms with Gasteiger partial charge in [-0.15, -0.1) is 0 Å². The lowest BCUT2D eigenvalue weighted by Crippen LogP contribution is -2.38. The number of aromatic nitrogens is 1. The molecule has 1 fully saturated rings. The Labute approximate surface area is 168 Å². The van der Waals surface area contributed by atoms with Crippen LogP contribution in [0.2, 0.25) is 0 Å². The fraction of sp³-hybridized carbons (Fsp3) is 0.474. The number of oxime groups is 1. The van der Waals surface area contributed by atoms with E-state index in [1.807, 2.05) is 4.90 Å². The quantitative estimate of drug-likeness (QED) is 0.803. The topological polar surface area (TPSA) is 83.9 Å². The lowest BCUT2D eigenvalue weighted by Gasteiger charge is -2.25. The Balaban J connectivity index is 1.55. The molecular formula is C19H22F2N4O3S. The van der Waals surface area contributed by atoms with Gasteiger partial charge in [0.2, 0.25) is 10.0 Å². The number of sulfonamides is 1. The van der Waals surface area contributed by atoms with E-state index in [1.54, 1.807) is 13.0 Å². The maximum Gasteiger partial charge on any atom is 0.209 e. The molecular weight excluding hydrogens is 402 g/mol. The van der Waals surface area contributed by atoms with Gasteiger partial charge in [-0.3, -0.25) is 4.98 Å². The molecule has 1 N–H and O–H groups in total. The summed E-state index contributed by atoms with van der Waals surface area (Å²) < 4.78 is 53.6. The van der Waals surface area contributed by atoms with Crippen LogP contribution in [-0.2, 0) is 20.5 Å². The van der Waals surface area contributed by atoms with E-state index in [-0.39, 0.29) is 6.04 Å². The van der Waals surface area contributed by atoms with Crippen molar-refractivity contribution in [1.29, 1.82) is 0 Å². The monoisotopic (exact) mass is 424 g/mol. The van der Waals surface area contributed by atoms with Gasteiger partial charge in [0.15, 0.2) is 5.60 Å². The van der Waals surface area contributed by atoms with Gasteiger partial charge < -0.3 is 9.74 Å². The summed E-state index contributed by atoms with van der Waals surface area (Å²) in [6.07, 6.45) is 6.66. The molecule has 1 aromatic heterocycles. The zero-order valence-electron chi connectivity index (χ0n) is 16.2. The summed E-state index contributed by atoms with van der Waals surface area (Å²) in [7, 11) is -3.28. The minimum Gasteiger partial charge on any atom is -0.381 e. The van der Waals surface area contributed by atoms with Gasteiger partial charge in [-0.05, 0) is 31.9 Å². The number of nitrogens with zero attached hydrogens (tertiary/aromatic N) is 3. The van der Waals surface area contributed by atoms with Gasteiger partial charge in [0.1, 0.15) is 17.5 Å². The number of allylic oxidation sites excluding steroid dienone is 4. The highest BCUT2D eigenvalue weighted by Gasteiger charge is 2.43. The number of hydrogen-bond donors (Lipinski definition) is 1. The number of rotatable bonds is 4. The van der Waals surface area contributed by atoms with Gasteiger partial charge in [0.25, 0.3) is 0 Å². The number of pyridine rings is 1. The van der Waals surface area contributed by atoms with Crippen LogP contribution >= 0.6 is 0 Å². The summed E-state index contributed by atoms with van der Waals surface area (Å²) in [5.74, 6) is -0.287. The van der Waals surface area contributed by atoms with Crippen molar-refractivity contribution in [2.75, 3.05) is 19.3 Å². The molecule has 3 aliphatic rings. The summed E-state index contributed by atoms with van der Waals surface area (Å²) in [5, 5.41) is 4.19. The third-order valence-electron chi connectivity index (χ3n) is 5.34. The molecule has 2 atom stereocenters. The second kappa shape index (κ2) is 7.17. The van der Waals surface area contributed by atoms with Crippen LogP contribution in [0, 0.1) is 5.82 Å². The first-order valence-electron chi connectivity index (χ1n) is 9.33. The van der Waals surface area contributed by atoms with Crippen LogP contribution in [0.25, 0.3) is 5.57 Å². The molecule has 0 aromatic carbocycles. The number of amidine groups is 1. The number of halogens is 2. The third kappa shape index (κ3) is 4.04. The molecule has 0 amide bonds. The Morgan fingerprint density at radius 1 is 1.38 bits per heavy atom. The summed E-state index contributed by atoms with van der Waals surface area (Å²) in [6, 6.07) is 1.08. The van der Waals surface area contributed by atoms with Crippen LogP contribution < -0.4 is 4.72 Å². The van der Waals surface area contributed by atoms with Crippen molar-refractivity contribution in [2.45, 2.75) is 37.8 Å². The second-order valence-electron chi connectivity index (χ2n) is 7.81. The predicted octanol–water partition coefficient (Wildman–Crippen LogP) is 2.43. The zero-order chi connectivity index (χ0) is 20.8. The molecule has 10 heteroatoms. The Hall–Kier alpha value is -2.33. The third-order valence-corrected chi connectivity index (χ3v) is 6.10. The maximum absolute atomic E-state index is 14.2. The minimum absolute atomic E-state index is 0.192. The molecule has 7 nitrogen and oxygen atoms in total. The molecule has 1 aliphatic carbocycles. The highest BCUT2D eigenvalue weighted by molar-refractivity contribution is 7.88. The number of nitrogens with one attached hydrogen (secondary N) is 1. The van der Waals surface area contributed by atoms with Crippen LogP contribution in [0.3, 0.4) is 0 Å². The molecule has 2 aliphatic heterocycles. The van der Waals surface area contributed by atoms with Crippen molar-refractivity contribution < 1.29 is 22.0 Å². The van der Waals surface area contributed by atoms with E-state index in [0.717, 1.165) is 12.5 Å². The first-order chi connectivity index (χ1) is 13.6. The van der Waals surface area contributed by atoms with Crippen LogP contribution in [0.5, 0.6) is 0 Å². The van der Waals surface area contributed by atoms with E-state index in [4.69, 9.17) is 4.84 Å². The number of likely N-dealkylation sites (tertiary alicyclic amines) is 1. The van der Waals surface area contributed by atoms with Gasteiger partial charge in [0.05, 0.1) is 24.6 Å². The van der Waals surface area contributed by atoms with Crippen LogP contribution in [0.15, 0.2) is 35.4 Å². The Morgan fingerprint density at radius 3 is 2.86 bits per heavy atom. The molecule has 0 spiro atoms. The van der Waals surface area contributed by atoms with E-state index in [2.05, 4.69) is 14.9 Å². The van der Waals surface area contributed by atoms with Gasteiger partial charge in [-0.25, -0.2) is 21.9 Å². The van der Waals surface area contributed by atoms with Crippen molar-refractivity contribution in [2.24, 2.45) is 5.16 Å². The second-order valence-corrected chi connectivity index (χ2v) is 9.59. The molecule has 29 heavy (non-hydrogen) atoms. The molecule has 0 radical (unpaired) electrons. The van der Waals surface area contributed by atoms with E-state index in [1.165, 1.54) is 12.1 Å². The minimum atomic E-state index is -3.28. The van der Waals surface area contributed by atoms with Gasteiger partial charge in [-0.1, -0.05) is 11.2 Å². The predicted molar refractivity (Wildman–Crippen MR) is 104 cm³/mol. The lowest BCUT2D eigenvalue weighted by atomic mass is 9.89. The van der Waals surface area contributed by atoms with Crippen molar-refractivity contribution in [3.63, 3.8) is 0 Å². The Bertz CT molecular complexity index is 1040. The molecule has 1 unspecified atom stereocenters. The summed E-state index contributed by atoms with van der Waals surface area (Å²) in [4.78, 5) is 11.9. The van der Waals surface area contributed by atoms with E-state index >= 15 is 0 Å². The van der Waals surface area contributed by atoms with Crippen molar-refractivity contribution >= 4 is 21.4 Å². The molecule has 156 valence electrons. The molecule has 1 saturated heterocycles. The summed E-state index contributed by atoms with van der Waals surface area (Å²) >= 11 is 0. The van der Waals surface area contributed by atoms with Gasteiger partial charge in [0, 0.05) is 30.3 Å². The van der Waals surface area contributed by atoms with E-state index < -0.39 is 27.3 Å². The largest absolute Gasteiger partial charge is 0.381 e. The highest BCUT2D eigenvalue weighted by Crippen LogP contribution is 2.41. The first-order valence-corrected chi connectivity index (χ1v) is 11.2. The van der Waals surface area contributed by atoms with Crippen molar-refractivity contribution in [1.82, 2.24) is 14.6 Å². The standard InChI is InChI=1S/C19H22F2N4O3S/c1-19(18-15(8-12(20)10-22-18)14-4-3-5-16(14)21)9-17(23-28-19)25-7-6-13(11-25)24-29(2,26)27/h3,5,8,10,13,24H,4,6-7,9,11H2,1-2H3/t13-,19?/m0/s1. The Kier molecular flexibility index (Phi) is 4.94. The van der Waals surface area contributed by atoms with Crippen LogP contribution in [0.1, 0.15) is 37.4 Å². The van der Waals surface area contributed by atoms with Gasteiger partial charge >= 0.3 is 0 Å². The molecule has 0 saturated carbocycles. The molecule has 4 rings (SSSR count). The lowest BCUT2D eigenvalue weighted by molar-refractivity contribution is -0.0111.